The molecular formula is C17H10Cl2N6O5. The number of nitrogens with zero attached hydrogens (tertiary/aromatic N) is 4. The SMILES string of the molecule is N#Cc1nn(-c2cc(Cl)c(Oc3n[nH]c(=O)c4c3COCC4)c(Cl)c2)c(=O)[nH]c1=O. The molecule has 0 spiro atoms. The fourth-order valence-electron chi connectivity index (χ4n) is 2.86. The predicted molar refractivity (Wildman–Crippen MR) is 103 cm³/mol. The summed E-state index contributed by atoms with van der Waals surface area (Å²) >= 11 is 12.6. The maximum atomic E-state index is 12.1. The third-order valence-corrected chi connectivity index (χ3v) is 4.82. The Morgan fingerprint density at radius 2 is 1.90 bits per heavy atom. The molecule has 0 saturated heterocycles. The lowest BCUT2D eigenvalue weighted by Crippen LogP contribution is -2.33. The Kier molecular flexibility index (Phi) is 5.13. The molecule has 152 valence electrons. The second kappa shape index (κ2) is 7.75. The van der Waals surface area contributed by atoms with Crippen LogP contribution in [0.5, 0.6) is 11.6 Å². The zero-order chi connectivity index (χ0) is 21.4. The molecular weight excluding hydrogens is 439 g/mol. The van der Waals surface area contributed by atoms with Gasteiger partial charge in [-0.25, -0.2) is 9.89 Å². The Labute approximate surface area is 176 Å². The number of benzene rings is 1. The van der Waals surface area contributed by atoms with Gasteiger partial charge in [-0.05, 0) is 12.1 Å². The molecule has 0 amide bonds. The van der Waals surface area contributed by atoms with Gasteiger partial charge in [0, 0.05) is 12.0 Å². The smallest absolute Gasteiger partial charge is 0.349 e. The Morgan fingerprint density at radius 1 is 1.17 bits per heavy atom. The van der Waals surface area contributed by atoms with Crippen LogP contribution in [0.3, 0.4) is 0 Å². The highest BCUT2D eigenvalue weighted by atomic mass is 35.5. The molecule has 11 nitrogen and oxygen atoms in total. The molecule has 2 aromatic heterocycles. The average molecular weight is 449 g/mol. The summed E-state index contributed by atoms with van der Waals surface area (Å²) in [6, 6.07) is 4.21. The number of rotatable bonds is 3. The minimum atomic E-state index is -0.910. The van der Waals surface area contributed by atoms with Crippen molar-refractivity contribution in [2.75, 3.05) is 6.61 Å². The highest BCUT2D eigenvalue weighted by molar-refractivity contribution is 6.37. The molecule has 1 aromatic carbocycles. The highest BCUT2D eigenvalue weighted by Crippen LogP contribution is 2.38. The number of aromatic amines is 2. The monoisotopic (exact) mass is 448 g/mol. The van der Waals surface area contributed by atoms with E-state index < -0.39 is 16.9 Å². The van der Waals surface area contributed by atoms with E-state index in [1.807, 2.05) is 4.98 Å². The van der Waals surface area contributed by atoms with E-state index in [9.17, 15) is 14.4 Å². The molecule has 0 bridgehead atoms. The van der Waals surface area contributed by atoms with Crippen molar-refractivity contribution in [3.63, 3.8) is 0 Å². The van der Waals surface area contributed by atoms with Gasteiger partial charge < -0.3 is 9.47 Å². The van der Waals surface area contributed by atoms with Crippen molar-refractivity contribution in [3.8, 4) is 23.4 Å². The Balaban J connectivity index is 1.77. The van der Waals surface area contributed by atoms with Gasteiger partial charge in [0.25, 0.3) is 11.1 Å². The van der Waals surface area contributed by atoms with Gasteiger partial charge in [-0.15, -0.1) is 10.2 Å². The highest BCUT2D eigenvalue weighted by Gasteiger charge is 2.22. The number of H-pyrrole nitrogens is 2. The molecule has 0 saturated carbocycles. The molecule has 3 heterocycles. The lowest BCUT2D eigenvalue weighted by Gasteiger charge is -2.18. The van der Waals surface area contributed by atoms with Crippen molar-refractivity contribution in [3.05, 3.63) is 70.2 Å². The van der Waals surface area contributed by atoms with Crippen molar-refractivity contribution < 1.29 is 9.47 Å². The number of halogens is 2. The third-order valence-electron chi connectivity index (χ3n) is 4.26. The fourth-order valence-corrected chi connectivity index (χ4v) is 3.41. The first-order chi connectivity index (χ1) is 14.4. The summed E-state index contributed by atoms with van der Waals surface area (Å²) in [5, 5.41) is 18.9. The minimum absolute atomic E-state index is 0.00520. The standard InChI is InChI=1S/C17H10Cl2N6O5/c18-10-3-7(25-17(28)21-15(27)12(5-20)24-25)4-11(19)13(10)30-16-9-6-29-2-1-8(9)14(26)22-23-16/h3-4H,1-2,6H2,(H,22,26)(H,21,27,28). The van der Waals surface area contributed by atoms with E-state index in [0.717, 1.165) is 4.68 Å². The number of nitrogens with one attached hydrogen (secondary N) is 2. The Hall–Kier alpha value is -3.46. The van der Waals surface area contributed by atoms with Crippen molar-refractivity contribution in [2.45, 2.75) is 13.0 Å². The van der Waals surface area contributed by atoms with Gasteiger partial charge in [0.05, 0.1) is 34.5 Å². The van der Waals surface area contributed by atoms with Crippen LogP contribution in [0.4, 0.5) is 0 Å². The van der Waals surface area contributed by atoms with Gasteiger partial charge in [-0.2, -0.15) is 9.94 Å². The fraction of sp³-hybridized carbons (Fsp3) is 0.176. The van der Waals surface area contributed by atoms with E-state index in [4.69, 9.17) is 37.9 Å². The van der Waals surface area contributed by atoms with E-state index in [1.54, 1.807) is 6.07 Å². The maximum absolute atomic E-state index is 12.1. The maximum Gasteiger partial charge on any atom is 0.349 e. The minimum Gasteiger partial charge on any atom is -0.434 e. The number of aromatic nitrogens is 5. The number of hydrogen-bond donors (Lipinski definition) is 2. The second-order valence-corrected chi connectivity index (χ2v) is 6.90. The molecule has 1 aliphatic heterocycles. The molecule has 4 rings (SSSR count). The Morgan fingerprint density at radius 3 is 2.60 bits per heavy atom. The van der Waals surface area contributed by atoms with Crippen LogP contribution in [-0.2, 0) is 17.8 Å². The van der Waals surface area contributed by atoms with Crippen LogP contribution in [0.1, 0.15) is 16.8 Å². The van der Waals surface area contributed by atoms with Gasteiger partial charge in [0.2, 0.25) is 11.6 Å². The average Bonchev–Trinajstić information content (AvgIpc) is 2.72. The molecule has 0 radical (unpaired) electrons. The van der Waals surface area contributed by atoms with Crippen molar-refractivity contribution in [1.82, 2.24) is 25.0 Å². The number of nitriles is 1. The molecule has 2 N–H and O–H groups in total. The van der Waals surface area contributed by atoms with E-state index in [0.29, 0.717) is 24.2 Å². The lowest BCUT2D eigenvalue weighted by molar-refractivity contribution is 0.107. The molecule has 13 heteroatoms. The molecule has 1 aliphatic rings. The first-order valence-corrected chi connectivity index (χ1v) is 9.14. The largest absolute Gasteiger partial charge is 0.434 e. The van der Waals surface area contributed by atoms with E-state index in [2.05, 4.69) is 15.3 Å². The van der Waals surface area contributed by atoms with Gasteiger partial charge in [-0.1, -0.05) is 23.2 Å². The molecule has 0 unspecified atom stereocenters. The zero-order valence-electron chi connectivity index (χ0n) is 14.9. The van der Waals surface area contributed by atoms with Crippen LogP contribution in [-0.4, -0.2) is 31.6 Å². The van der Waals surface area contributed by atoms with E-state index in [1.165, 1.54) is 12.1 Å². The van der Waals surface area contributed by atoms with Gasteiger partial charge in [0.1, 0.15) is 6.07 Å². The first kappa shape index (κ1) is 19.8. The van der Waals surface area contributed by atoms with E-state index in [-0.39, 0.29) is 39.5 Å². The van der Waals surface area contributed by atoms with Crippen molar-refractivity contribution >= 4 is 23.2 Å². The summed E-state index contributed by atoms with van der Waals surface area (Å²) in [6.45, 7) is 0.546. The van der Waals surface area contributed by atoms with Gasteiger partial charge >= 0.3 is 5.69 Å². The molecule has 30 heavy (non-hydrogen) atoms. The zero-order valence-corrected chi connectivity index (χ0v) is 16.4. The molecule has 0 aliphatic carbocycles. The number of hydrogen-bond acceptors (Lipinski definition) is 8. The summed E-state index contributed by atoms with van der Waals surface area (Å²) in [5.74, 6) is 0.0966. The van der Waals surface area contributed by atoms with Crippen LogP contribution in [0.15, 0.2) is 26.5 Å². The van der Waals surface area contributed by atoms with Crippen molar-refractivity contribution in [2.24, 2.45) is 0 Å². The summed E-state index contributed by atoms with van der Waals surface area (Å²) in [7, 11) is 0. The molecule has 0 fully saturated rings. The summed E-state index contributed by atoms with van der Waals surface area (Å²) in [4.78, 5) is 37.5. The quantitative estimate of drug-likeness (QED) is 0.601. The van der Waals surface area contributed by atoms with Crippen LogP contribution in [0.25, 0.3) is 5.69 Å². The summed E-state index contributed by atoms with van der Waals surface area (Å²) in [5.41, 5.74) is -1.55. The van der Waals surface area contributed by atoms with Crippen molar-refractivity contribution in [1.29, 1.82) is 5.26 Å². The topological polar surface area (TPSA) is 156 Å². The van der Waals surface area contributed by atoms with Gasteiger partial charge in [-0.3, -0.25) is 14.6 Å². The number of fused-ring (bicyclic) bond motifs is 1. The lowest BCUT2D eigenvalue weighted by atomic mass is 10.1. The second-order valence-electron chi connectivity index (χ2n) is 6.09. The van der Waals surface area contributed by atoms with Gasteiger partial charge in [0.15, 0.2) is 5.75 Å². The van der Waals surface area contributed by atoms with Crippen LogP contribution in [0, 0.1) is 11.3 Å². The first-order valence-electron chi connectivity index (χ1n) is 8.38. The normalized spacial score (nSPS) is 12.8. The Bertz CT molecular complexity index is 1360. The molecule has 3 aromatic rings. The third kappa shape index (κ3) is 3.48. The van der Waals surface area contributed by atoms with Crippen LogP contribution >= 0.6 is 23.2 Å². The van der Waals surface area contributed by atoms with E-state index >= 15 is 0 Å². The summed E-state index contributed by atoms with van der Waals surface area (Å²) < 4.78 is 11.9. The summed E-state index contributed by atoms with van der Waals surface area (Å²) in [6.07, 6.45) is 0.409. The predicted octanol–water partition coefficient (Wildman–Crippen LogP) is 1.05. The van der Waals surface area contributed by atoms with Crippen LogP contribution in [0.2, 0.25) is 10.0 Å². The molecule has 0 atom stereocenters. The number of ether oxygens (including phenoxy) is 2. The van der Waals surface area contributed by atoms with Crippen LogP contribution < -0.4 is 21.5 Å².